The third kappa shape index (κ3) is 3.57. The first-order chi connectivity index (χ1) is 9.72. The molecule has 1 aliphatic carbocycles. The van der Waals surface area contributed by atoms with Crippen LogP contribution in [0.3, 0.4) is 0 Å². The van der Waals surface area contributed by atoms with Crippen molar-refractivity contribution < 1.29 is 9.13 Å². The van der Waals surface area contributed by atoms with Gasteiger partial charge in [0.15, 0.2) is 0 Å². The summed E-state index contributed by atoms with van der Waals surface area (Å²) in [4.78, 5) is 2.20. The van der Waals surface area contributed by atoms with Crippen LogP contribution >= 0.6 is 0 Å². The molecule has 1 aromatic carbocycles. The molecule has 1 unspecified atom stereocenters. The van der Waals surface area contributed by atoms with E-state index in [9.17, 15) is 4.39 Å². The molecule has 1 saturated carbocycles. The Morgan fingerprint density at radius 1 is 1.35 bits per heavy atom. The van der Waals surface area contributed by atoms with Crippen molar-refractivity contribution >= 4 is 0 Å². The minimum Gasteiger partial charge on any atom is -0.380 e. The van der Waals surface area contributed by atoms with Gasteiger partial charge in [0.05, 0.1) is 6.61 Å². The van der Waals surface area contributed by atoms with Gasteiger partial charge in [0, 0.05) is 37.3 Å². The van der Waals surface area contributed by atoms with Gasteiger partial charge in [0.2, 0.25) is 0 Å². The molecule has 0 aromatic heterocycles. The van der Waals surface area contributed by atoms with Crippen LogP contribution in [-0.2, 0) is 17.8 Å². The van der Waals surface area contributed by atoms with Crippen molar-refractivity contribution in [3.8, 4) is 0 Å². The fourth-order valence-electron chi connectivity index (χ4n) is 2.68. The van der Waals surface area contributed by atoms with Gasteiger partial charge in [0.25, 0.3) is 0 Å². The Hall–Kier alpha value is -0.970. The van der Waals surface area contributed by atoms with Crippen LogP contribution in [0.25, 0.3) is 0 Å². The van der Waals surface area contributed by atoms with E-state index in [1.807, 2.05) is 19.2 Å². The molecule has 0 amide bonds. The molecule has 1 N–H and O–H groups in total. The summed E-state index contributed by atoms with van der Waals surface area (Å²) in [5.74, 6) is -0.106. The van der Waals surface area contributed by atoms with E-state index in [1.54, 1.807) is 6.07 Å². The summed E-state index contributed by atoms with van der Waals surface area (Å²) >= 11 is 0. The third-order valence-corrected chi connectivity index (χ3v) is 4.23. The highest BCUT2D eigenvalue weighted by atomic mass is 19.1. The number of hydrogen-bond acceptors (Lipinski definition) is 3. The van der Waals surface area contributed by atoms with Crippen molar-refractivity contribution in [2.45, 2.75) is 44.4 Å². The molecule has 3 rings (SSSR count). The second-order valence-corrected chi connectivity index (χ2v) is 6.01. The molecule has 2 fully saturated rings. The lowest BCUT2D eigenvalue weighted by molar-refractivity contribution is 0.155. The highest BCUT2D eigenvalue weighted by Gasteiger charge is 2.22. The fourth-order valence-corrected chi connectivity index (χ4v) is 2.68. The Morgan fingerprint density at radius 2 is 2.20 bits per heavy atom. The monoisotopic (exact) mass is 278 g/mol. The second kappa shape index (κ2) is 6.20. The molecular formula is C16H23FN2O. The molecule has 4 heteroatoms. The topological polar surface area (TPSA) is 24.5 Å². The van der Waals surface area contributed by atoms with Gasteiger partial charge in [-0.1, -0.05) is 12.1 Å². The van der Waals surface area contributed by atoms with Crippen molar-refractivity contribution in [2.24, 2.45) is 0 Å². The molecule has 1 aliphatic heterocycles. The van der Waals surface area contributed by atoms with E-state index in [0.717, 1.165) is 31.7 Å². The van der Waals surface area contributed by atoms with E-state index in [2.05, 4.69) is 10.2 Å². The first kappa shape index (κ1) is 14.0. The largest absolute Gasteiger partial charge is 0.380 e. The molecular weight excluding hydrogens is 255 g/mol. The molecule has 2 aliphatic rings. The molecule has 110 valence electrons. The van der Waals surface area contributed by atoms with Crippen molar-refractivity contribution in [1.82, 2.24) is 10.2 Å². The van der Waals surface area contributed by atoms with E-state index in [1.165, 1.54) is 18.4 Å². The number of benzene rings is 1. The number of hydrogen-bond donors (Lipinski definition) is 1. The molecule has 20 heavy (non-hydrogen) atoms. The van der Waals surface area contributed by atoms with E-state index < -0.39 is 0 Å². The lowest BCUT2D eigenvalue weighted by Crippen LogP contribution is -2.31. The molecule has 1 heterocycles. The SMILES string of the molecule is CN(Cc1cc(CNC2CC2)ccc1F)C1CCOC1. The van der Waals surface area contributed by atoms with Gasteiger partial charge in [-0.15, -0.1) is 0 Å². The van der Waals surface area contributed by atoms with Gasteiger partial charge in [0.1, 0.15) is 5.82 Å². The number of ether oxygens (including phenoxy) is 1. The zero-order chi connectivity index (χ0) is 13.9. The molecule has 0 radical (unpaired) electrons. The zero-order valence-electron chi connectivity index (χ0n) is 12.1. The van der Waals surface area contributed by atoms with Crippen molar-refractivity contribution in [1.29, 1.82) is 0 Å². The van der Waals surface area contributed by atoms with Crippen molar-refractivity contribution in [2.75, 3.05) is 20.3 Å². The molecule has 3 nitrogen and oxygen atoms in total. The van der Waals surface area contributed by atoms with Crippen LogP contribution in [0.15, 0.2) is 18.2 Å². The number of halogens is 1. The lowest BCUT2D eigenvalue weighted by Gasteiger charge is -2.23. The maximum absolute atomic E-state index is 13.9. The molecule has 1 aromatic rings. The molecule has 1 saturated heterocycles. The van der Waals surface area contributed by atoms with Crippen LogP contribution in [0.4, 0.5) is 4.39 Å². The zero-order valence-corrected chi connectivity index (χ0v) is 12.1. The van der Waals surface area contributed by atoms with Gasteiger partial charge < -0.3 is 10.1 Å². The van der Waals surface area contributed by atoms with Crippen LogP contribution < -0.4 is 5.32 Å². The average molecular weight is 278 g/mol. The van der Waals surface area contributed by atoms with Gasteiger partial charge in [-0.3, -0.25) is 4.90 Å². The number of likely N-dealkylation sites (N-methyl/N-ethyl adjacent to an activating group) is 1. The Kier molecular flexibility index (Phi) is 4.34. The third-order valence-electron chi connectivity index (χ3n) is 4.23. The molecule has 1 atom stereocenters. The first-order valence-electron chi connectivity index (χ1n) is 7.51. The highest BCUT2D eigenvalue weighted by molar-refractivity contribution is 5.25. The van der Waals surface area contributed by atoms with Crippen molar-refractivity contribution in [3.05, 3.63) is 35.1 Å². The number of rotatable bonds is 6. The summed E-state index contributed by atoms with van der Waals surface area (Å²) < 4.78 is 19.3. The van der Waals surface area contributed by atoms with Gasteiger partial charge in [-0.05, 0) is 37.9 Å². The van der Waals surface area contributed by atoms with E-state index in [4.69, 9.17) is 4.74 Å². The summed E-state index contributed by atoms with van der Waals surface area (Å²) in [6.45, 7) is 3.08. The Balaban J connectivity index is 1.62. The normalized spacial score (nSPS) is 22.6. The van der Waals surface area contributed by atoms with Crippen LogP contribution in [0.1, 0.15) is 30.4 Å². The second-order valence-electron chi connectivity index (χ2n) is 6.01. The number of nitrogens with zero attached hydrogens (tertiary/aromatic N) is 1. The highest BCUT2D eigenvalue weighted by Crippen LogP contribution is 2.21. The lowest BCUT2D eigenvalue weighted by atomic mass is 10.1. The van der Waals surface area contributed by atoms with Crippen LogP contribution in [0, 0.1) is 5.82 Å². The maximum Gasteiger partial charge on any atom is 0.127 e. The smallest absolute Gasteiger partial charge is 0.127 e. The van der Waals surface area contributed by atoms with E-state index in [-0.39, 0.29) is 5.82 Å². The summed E-state index contributed by atoms with van der Waals surface area (Å²) in [5.41, 5.74) is 1.96. The van der Waals surface area contributed by atoms with Crippen LogP contribution in [0.5, 0.6) is 0 Å². The van der Waals surface area contributed by atoms with Crippen molar-refractivity contribution in [3.63, 3.8) is 0 Å². The summed E-state index contributed by atoms with van der Waals surface area (Å²) in [6.07, 6.45) is 3.60. The fraction of sp³-hybridized carbons (Fsp3) is 0.625. The quantitative estimate of drug-likeness (QED) is 0.864. The Bertz CT molecular complexity index is 456. The standard InChI is InChI=1S/C16H23FN2O/c1-19(15-6-7-20-11-15)10-13-8-12(2-5-16(13)17)9-18-14-3-4-14/h2,5,8,14-15,18H,3-4,6-7,9-11H2,1H3. The van der Waals surface area contributed by atoms with Gasteiger partial charge >= 0.3 is 0 Å². The molecule has 0 spiro atoms. The Labute approximate surface area is 120 Å². The average Bonchev–Trinajstić information content (AvgIpc) is 3.11. The van der Waals surface area contributed by atoms with Gasteiger partial charge in [-0.2, -0.15) is 0 Å². The predicted octanol–water partition coefficient (Wildman–Crippen LogP) is 2.30. The first-order valence-corrected chi connectivity index (χ1v) is 7.51. The van der Waals surface area contributed by atoms with E-state index in [0.29, 0.717) is 18.6 Å². The molecule has 0 bridgehead atoms. The summed E-state index contributed by atoms with van der Waals surface area (Å²) in [7, 11) is 2.05. The van der Waals surface area contributed by atoms with Crippen LogP contribution in [0.2, 0.25) is 0 Å². The Morgan fingerprint density at radius 3 is 2.90 bits per heavy atom. The predicted molar refractivity (Wildman–Crippen MR) is 77.0 cm³/mol. The minimum absolute atomic E-state index is 0.106. The van der Waals surface area contributed by atoms with Crippen LogP contribution in [-0.4, -0.2) is 37.2 Å². The number of nitrogens with one attached hydrogen (secondary N) is 1. The summed E-state index contributed by atoms with van der Waals surface area (Å²) in [5, 5.41) is 3.47. The maximum atomic E-state index is 13.9. The summed E-state index contributed by atoms with van der Waals surface area (Å²) in [6, 6.07) is 6.58. The minimum atomic E-state index is -0.106. The van der Waals surface area contributed by atoms with Gasteiger partial charge in [-0.25, -0.2) is 4.39 Å². The van der Waals surface area contributed by atoms with E-state index >= 15 is 0 Å².